The van der Waals surface area contributed by atoms with E-state index in [0.29, 0.717) is 5.56 Å². The normalized spacial score (nSPS) is 9.87. The van der Waals surface area contributed by atoms with Crippen molar-refractivity contribution < 1.29 is 4.79 Å². The minimum atomic E-state index is -0.166. The first kappa shape index (κ1) is 9.40. The fraction of sp³-hybridized carbons (Fsp3) is 0. The van der Waals surface area contributed by atoms with Crippen molar-refractivity contribution in [3.05, 3.63) is 64.6 Å². The molecule has 0 aliphatic heterocycles. The summed E-state index contributed by atoms with van der Waals surface area (Å²) in [6, 6.07) is 11.9. The van der Waals surface area contributed by atoms with E-state index in [2.05, 4.69) is 0 Å². The zero-order valence-electron chi connectivity index (χ0n) is 7.88. The molecule has 0 saturated carbocycles. The Hall–Kier alpha value is -2.16. The average Bonchev–Trinajstić information content (AvgIpc) is 2.31. The Bertz CT molecular complexity index is 529. The molecule has 2 rings (SSSR count). The molecule has 1 aromatic heterocycles. The van der Waals surface area contributed by atoms with Crippen LogP contribution in [-0.2, 0) is 4.79 Å². The van der Waals surface area contributed by atoms with Gasteiger partial charge in [-0.25, -0.2) is 0 Å². The van der Waals surface area contributed by atoms with Gasteiger partial charge >= 0.3 is 0 Å². The summed E-state index contributed by atoms with van der Waals surface area (Å²) in [5.74, 6) is 0. The molecule has 3 heteroatoms. The lowest BCUT2D eigenvalue weighted by molar-refractivity contribution is 0.562. The van der Waals surface area contributed by atoms with Gasteiger partial charge in [-0.05, 0) is 18.2 Å². The maximum atomic E-state index is 11.5. The zero-order valence-corrected chi connectivity index (χ0v) is 7.88. The van der Waals surface area contributed by atoms with Crippen molar-refractivity contribution >= 4 is 6.29 Å². The Morgan fingerprint density at radius 1 is 1.00 bits per heavy atom. The molecule has 1 aromatic carbocycles. The molecule has 3 nitrogen and oxygen atoms in total. The van der Waals surface area contributed by atoms with Crippen LogP contribution in [0.2, 0.25) is 0 Å². The molecule has 0 saturated heterocycles. The number of pyridine rings is 1. The van der Waals surface area contributed by atoms with Crippen molar-refractivity contribution in [2.24, 2.45) is 0 Å². The van der Waals surface area contributed by atoms with Gasteiger partial charge in [0.25, 0.3) is 5.56 Å². The molecule has 0 amide bonds. The lowest BCUT2D eigenvalue weighted by atomic mass is 10.2. The fourth-order valence-electron chi connectivity index (χ4n) is 1.34. The summed E-state index contributed by atoms with van der Waals surface area (Å²) in [5.41, 5.74) is 0.929. The highest BCUT2D eigenvalue weighted by atomic mass is 16.1. The number of rotatable bonds is 2. The SMILES string of the molecule is O=[C]c1ccc(=O)n(-c2ccccc2)c1. The third-order valence-corrected chi connectivity index (χ3v) is 2.06. The van der Waals surface area contributed by atoms with Gasteiger partial charge in [-0.15, -0.1) is 0 Å². The highest BCUT2D eigenvalue weighted by Gasteiger charge is 1.99. The monoisotopic (exact) mass is 198 g/mol. The number of hydrogen-bond donors (Lipinski definition) is 0. The van der Waals surface area contributed by atoms with Gasteiger partial charge in [0.2, 0.25) is 6.29 Å². The van der Waals surface area contributed by atoms with Crippen molar-refractivity contribution in [1.29, 1.82) is 0 Å². The molecule has 0 bridgehead atoms. The first-order valence-electron chi connectivity index (χ1n) is 4.47. The molecule has 1 heterocycles. The Morgan fingerprint density at radius 3 is 2.40 bits per heavy atom. The van der Waals surface area contributed by atoms with Crippen LogP contribution in [0, 0.1) is 0 Å². The van der Waals surface area contributed by atoms with Gasteiger partial charge in [0.05, 0.1) is 0 Å². The summed E-state index contributed by atoms with van der Waals surface area (Å²) in [4.78, 5) is 22.0. The molecule has 1 radical (unpaired) electrons. The van der Waals surface area contributed by atoms with Crippen molar-refractivity contribution in [2.75, 3.05) is 0 Å². The molecule has 2 aromatic rings. The summed E-state index contributed by atoms with van der Waals surface area (Å²) in [7, 11) is 0. The first-order valence-corrected chi connectivity index (χ1v) is 4.47. The van der Waals surface area contributed by atoms with E-state index in [1.165, 1.54) is 22.9 Å². The Balaban J connectivity index is 2.62. The summed E-state index contributed by atoms with van der Waals surface area (Å²) in [5, 5.41) is 0. The summed E-state index contributed by atoms with van der Waals surface area (Å²) in [6.07, 6.45) is 3.23. The van der Waals surface area contributed by atoms with E-state index in [-0.39, 0.29) is 5.56 Å². The number of hydrogen-bond acceptors (Lipinski definition) is 2. The second kappa shape index (κ2) is 3.92. The predicted molar refractivity (Wildman–Crippen MR) is 56.8 cm³/mol. The van der Waals surface area contributed by atoms with Crippen molar-refractivity contribution in [3.8, 4) is 5.69 Å². The molecular formula is C12H8NO2. The molecule has 0 N–H and O–H groups in total. The van der Waals surface area contributed by atoms with Crippen LogP contribution >= 0.6 is 0 Å². The molecule has 0 spiro atoms. The lowest BCUT2D eigenvalue weighted by Gasteiger charge is -2.04. The van der Waals surface area contributed by atoms with Crippen LogP contribution in [0.4, 0.5) is 0 Å². The first-order chi connectivity index (χ1) is 7.31. The quantitative estimate of drug-likeness (QED) is 0.729. The number of aromatic nitrogens is 1. The molecule has 0 aliphatic rings. The number of nitrogens with zero attached hydrogens (tertiary/aromatic N) is 1. The van der Waals surface area contributed by atoms with Gasteiger partial charge in [0.15, 0.2) is 0 Å². The van der Waals surface area contributed by atoms with Crippen LogP contribution in [0.15, 0.2) is 53.5 Å². The maximum absolute atomic E-state index is 11.5. The molecule has 15 heavy (non-hydrogen) atoms. The number of benzene rings is 1. The predicted octanol–water partition coefficient (Wildman–Crippen LogP) is 1.30. The van der Waals surface area contributed by atoms with E-state index >= 15 is 0 Å². The maximum Gasteiger partial charge on any atom is 0.255 e. The third kappa shape index (κ3) is 1.86. The molecule has 0 aliphatic carbocycles. The largest absolute Gasteiger partial charge is 0.285 e. The van der Waals surface area contributed by atoms with Crippen molar-refractivity contribution in [1.82, 2.24) is 4.57 Å². The summed E-state index contributed by atoms with van der Waals surface area (Å²) in [6.45, 7) is 0. The van der Waals surface area contributed by atoms with Gasteiger partial charge in [-0.1, -0.05) is 18.2 Å². The topological polar surface area (TPSA) is 39.1 Å². The Morgan fingerprint density at radius 2 is 1.73 bits per heavy atom. The summed E-state index contributed by atoms with van der Waals surface area (Å²) < 4.78 is 1.42. The molecule has 0 atom stereocenters. The minimum Gasteiger partial charge on any atom is -0.285 e. The fourth-order valence-corrected chi connectivity index (χ4v) is 1.34. The molecule has 0 fully saturated rings. The molecule has 0 unspecified atom stereocenters. The minimum absolute atomic E-state index is 0.166. The highest BCUT2D eigenvalue weighted by molar-refractivity contribution is 5.74. The third-order valence-electron chi connectivity index (χ3n) is 2.06. The van der Waals surface area contributed by atoms with Crippen LogP contribution in [0.25, 0.3) is 5.69 Å². The van der Waals surface area contributed by atoms with Gasteiger partial charge in [-0.3, -0.25) is 14.2 Å². The van der Waals surface area contributed by atoms with Gasteiger partial charge in [0, 0.05) is 23.5 Å². The van der Waals surface area contributed by atoms with E-state index in [1.807, 2.05) is 18.2 Å². The van der Waals surface area contributed by atoms with E-state index < -0.39 is 0 Å². The molecular weight excluding hydrogens is 190 g/mol. The second-order valence-corrected chi connectivity index (χ2v) is 3.06. The second-order valence-electron chi connectivity index (χ2n) is 3.06. The summed E-state index contributed by atoms with van der Waals surface area (Å²) >= 11 is 0. The number of carbonyl (C=O) groups excluding carboxylic acids is 1. The van der Waals surface area contributed by atoms with Crippen molar-refractivity contribution in [2.45, 2.75) is 0 Å². The Kier molecular flexibility index (Phi) is 2.46. The van der Waals surface area contributed by atoms with Crippen LogP contribution in [-0.4, -0.2) is 10.9 Å². The van der Waals surface area contributed by atoms with E-state index in [0.717, 1.165) is 5.69 Å². The standard InChI is InChI=1S/C12H8NO2/c14-9-10-6-7-12(15)13(8-10)11-4-2-1-3-5-11/h1-8H. The van der Waals surface area contributed by atoms with E-state index in [9.17, 15) is 9.59 Å². The lowest BCUT2D eigenvalue weighted by Crippen LogP contribution is -2.16. The Labute approximate surface area is 86.6 Å². The zero-order chi connectivity index (χ0) is 10.7. The number of para-hydroxylation sites is 1. The molecule has 73 valence electrons. The van der Waals surface area contributed by atoms with E-state index in [4.69, 9.17) is 0 Å². The van der Waals surface area contributed by atoms with Gasteiger partial charge in [0.1, 0.15) is 0 Å². The van der Waals surface area contributed by atoms with Crippen molar-refractivity contribution in [3.63, 3.8) is 0 Å². The van der Waals surface area contributed by atoms with Crippen LogP contribution in [0.3, 0.4) is 0 Å². The van der Waals surface area contributed by atoms with Crippen LogP contribution < -0.4 is 5.56 Å². The highest BCUT2D eigenvalue weighted by Crippen LogP contribution is 2.04. The average molecular weight is 198 g/mol. The van der Waals surface area contributed by atoms with Crippen LogP contribution in [0.5, 0.6) is 0 Å². The van der Waals surface area contributed by atoms with Gasteiger partial charge in [-0.2, -0.15) is 0 Å². The van der Waals surface area contributed by atoms with Gasteiger partial charge < -0.3 is 0 Å². The van der Waals surface area contributed by atoms with E-state index in [1.54, 1.807) is 18.4 Å². The smallest absolute Gasteiger partial charge is 0.255 e. The van der Waals surface area contributed by atoms with Crippen LogP contribution in [0.1, 0.15) is 5.56 Å².